The van der Waals surface area contributed by atoms with Crippen molar-refractivity contribution in [3.63, 3.8) is 0 Å². The van der Waals surface area contributed by atoms with Crippen molar-refractivity contribution < 1.29 is 9.59 Å². The average molecular weight is 240 g/mol. The lowest BCUT2D eigenvalue weighted by atomic mass is 9.97. The van der Waals surface area contributed by atoms with Gasteiger partial charge in [-0.1, -0.05) is 27.7 Å². The maximum absolute atomic E-state index is 11.7. The first-order valence-corrected chi connectivity index (χ1v) is 6.43. The summed E-state index contributed by atoms with van der Waals surface area (Å²) in [5, 5.41) is 2.93. The Labute approximate surface area is 104 Å². The number of likely N-dealkylation sites (tertiary alicyclic amines) is 1. The zero-order valence-corrected chi connectivity index (χ0v) is 11.3. The number of hydrogen-bond acceptors (Lipinski definition) is 3. The van der Waals surface area contributed by atoms with Crippen LogP contribution in [-0.4, -0.2) is 42.8 Å². The normalized spacial score (nSPS) is 17.3. The van der Waals surface area contributed by atoms with Gasteiger partial charge in [0, 0.05) is 25.6 Å². The van der Waals surface area contributed by atoms with Gasteiger partial charge in [-0.05, 0) is 5.92 Å². The fraction of sp³-hybridized carbons (Fsp3) is 0.846. The molecule has 1 aliphatic heterocycles. The highest BCUT2D eigenvalue weighted by atomic mass is 16.2. The lowest BCUT2D eigenvalue weighted by Gasteiger charge is -2.38. The van der Waals surface area contributed by atoms with Gasteiger partial charge in [-0.3, -0.25) is 14.5 Å². The molecule has 0 radical (unpaired) electrons. The largest absolute Gasteiger partial charge is 0.356 e. The van der Waals surface area contributed by atoms with Gasteiger partial charge in [-0.25, -0.2) is 0 Å². The van der Waals surface area contributed by atoms with E-state index in [2.05, 4.69) is 19.2 Å². The van der Waals surface area contributed by atoms with Gasteiger partial charge in [0.1, 0.15) is 5.78 Å². The first kappa shape index (κ1) is 14.2. The summed E-state index contributed by atoms with van der Waals surface area (Å²) in [6.07, 6.45) is 0. The summed E-state index contributed by atoms with van der Waals surface area (Å²) in [6, 6.07) is 0. The monoisotopic (exact) mass is 240 g/mol. The van der Waals surface area contributed by atoms with Crippen LogP contribution in [0.1, 0.15) is 27.7 Å². The molecule has 0 bridgehead atoms. The molecule has 0 aromatic heterocycles. The zero-order chi connectivity index (χ0) is 13.0. The van der Waals surface area contributed by atoms with Gasteiger partial charge in [0.2, 0.25) is 5.91 Å². The molecule has 1 saturated heterocycles. The lowest BCUT2D eigenvalue weighted by molar-refractivity contribution is -0.134. The van der Waals surface area contributed by atoms with E-state index in [0.29, 0.717) is 12.5 Å². The van der Waals surface area contributed by atoms with E-state index in [1.54, 1.807) is 0 Å². The van der Waals surface area contributed by atoms with Crippen LogP contribution in [0.15, 0.2) is 0 Å². The molecule has 1 amide bonds. The van der Waals surface area contributed by atoms with Crippen LogP contribution in [0.2, 0.25) is 0 Å². The lowest BCUT2D eigenvalue weighted by Crippen LogP contribution is -2.55. The Morgan fingerprint density at radius 1 is 1.24 bits per heavy atom. The van der Waals surface area contributed by atoms with Crippen molar-refractivity contribution >= 4 is 11.7 Å². The summed E-state index contributed by atoms with van der Waals surface area (Å²) in [6.45, 7) is 10.7. The Morgan fingerprint density at radius 3 is 2.29 bits per heavy atom. The molecule has 17 heavy (non-hydrogen) atoms. The Morgan fingerprint density at radius 2 is 1.82 bits per heavy atom. The second kappa shape index (κ2) is 6.15. The SMILES string of the molecule is CC(C)CNC(=O)C1CN(CC(=O)C(C)C)C1. The van der Waals surface area contributed by atoms with Crippen molar-refractivity contribution in [1.82, 2.24) is 10.2 Å². The molecule has 0 unspecified atom stereocenters. The fourth-order valence-corrected chi connectivity index (χ4v) is 1.72. The summed E-state index contributed by atoms with van der Waals surface area (Å²) in [7, 11) is 0. The maximum Gasteiger partial charge on any atom is 0.225 e. The molecule has 1 rings (SSSR count). The Bertz CT molecular complexity index is 281. The standard InChI is InChI=1S/C13H24N2O2/c1-9(2)5-14-13(17)11-6-15(7-11)8-12(16)10(3)4/h9-11H,5-8H2,1-4H3,(H,14,17). The summed E-state index contributed by atoms with van der Waals surface area (Å²) in [4.78, 5) is 25.2. The number of nitrogens with zero attached hydrogens (tertiary/aromatic N) is 1. The second-order valence-corrected chi connectivity index (χ2v) is 5.65. The molecule has 0 aromatic rings. The fourth-order valence-electron chi connectivity index (χ4n) is 1.72. The van der Waals surface area contributed by atoms with Gasteiger partial charge in [0.25, 0.3) is 0 Å². The quantitative estimate of drug-likeness (QED) is 0.751. The third kappa shape index (κ3) is 4.46. The predicted molar refractivity (Wildman–Crippen MR) is 67.6 cm³/mol. The number of hydrogen-bond donors (Lipinski definition) is 1. The third-order valence-electron chi connectivity index (χ3n) is 3.04. The van der Waals surface area contributed by atoms with Crippen molar-refractivity contribution in [2.75, 3.05) is 26.2 Å². The minimum Gasteiger partial charge on any atom is -0.356 e. The van der Waals surface area contributed by atoms with Crippen molar-refractivity contribution in [2.45, 2.75) is 27.7 Å². The maximum atomic E-state index is 11.7. The Kier molecular flexibility index (Phi) is 5.12. The second-order valence-electron chi connectivity index (χ2n) is 5.65. The van der Waals surface area contributed by atoms with Crippen LogP contribution in [0.25, 0.3) is 0 Å². The number of amides is 1. The van der Waals surface area contributed by atoms with Gasteiger partial charge >= 0.3 is 0 Å². The number of rotatable bonds is 6. The van der Waals surface area contributed by atoms with Crippen molar-refractivity contribution in [1.29, 1.82) is 0 Å². The van der Waals surface area contributed by atoms with Gasteiger partial charge in [0.15, 0.2) is 0 Å². The molecule has 1 N–H and O–H groups in total. The molecule has 98 valence electrons. The summed E-state index contributed by atoms with van der Waals surface area (Å²) in [5.41, 5.74) is 0. The van der Waals surface area contributed by atoms with Crippen molar-refractivity contribution in [3.05, 3.63) is 0 Å². The molecule has 1 heterocycles. The highest BCUT2D eigenvalue weighted by molar-refractivity contribution is 5.83. The van der Waals surface area contributed by atoms with Crippen LogP contribution < -0.4 is 5.32 Å². The number of Topliss-reactive ketones (excluding diaryl/α,β-unsaturated/α-hetero) is 1. The molecule has 0 saturated carbocycles. The number of carbonyl (C=O) groups excluding carboxylic acids is 2. The molecule has 4 nitrogen and oxygen atoms in total. The molecule has 4 heteroatoms. The van der Waals surface area contributed by atoms with Gasteiger partial charge in [-0.2, -0.15) is 0 Å². The van der Waals surface area contributed by atoms with Crippen molar-refractivity contribution in [3.8, 4) is 0 Å². The van der Waals surface area contributed by atoms with Gasteiger partial charge < -0.3 is 5.32 Å². The van der Waals surface area contributed by atoms with E-state index in [1.807, 2.05) is 18.7 Å². The first-order chi connectivity index (χ1) is 7.90. The molecular formula is C13H24N2O2. The van der Waals surface area contributed by atoms with E-state index in [-0.39, 0.29) is 23.5 Å². The molecule has 1 aliphatic rings. The van der Waals surface area contributed by atoms with Crippen LogP contribution in [0.3, 0.4) is 0 Å². The van der Waals surface area contributed by atoms with E-state index in [4.69, 9.17) is 0 Å². The number of carbonyl (C=O) groups is 2. The van der Waals surface area contributed by atoms with E-state index < -0.39 is 0 Å². The number of nitrogens with one attached hydrogen (secondary N) is 1. The van der Waals surface area contributed by atoms with Gasteiger partial charge in [-0.15, -0.1) is 0 Å². The highest BCUT2D eigenvalue weighted by Gasteiger charge is 2.33. The topological polar surface area (TPSA) is 49.4 Å². The number of ketones is 1. The van der Waals surface area contributed by atoms with Crippen molar-refractivity contribution in [2.24, 2.45) is 17.8 Å². The summed E-state index contributed by atoms with van der Waals surface area (Å²) < 4.78 is 0. The molecule has 0 atom stereocenters. The van der Waals surface area contributed by atoms with E-state index in [9.17, 15) is 9.59 Å². The van der Waals surface area contributed by atoms with Crippen LogP contribution in [-0.2, 0) is 9.59 Å². The molecule has 0 spiro atoms. The van der Waals surface area contributed by atoms with Crippen LogP contribution in [0.5, 0.6) is 0 Å². The minimum absolute atomic E-state index is 0.0775. The minimum atomic E-state index is 0.0775. The average Bonchev–Trinajstić information content (AvgIpc) is 2.18. The zero-order valence-electron chi connectivity index (χ0n) is 11.3. The Hall–Kier alpha value is -0.900. The van der Waals surface area contributed by atoms with E-state index >= 15 is 0 Å². The third-order valence-corrected chi connectivity index (χ3v) is 3.04. The van der Waals surface area contributed by atoms with Crippen LogP contribution >= 0.6 is 0 Å². The van der Waals surface area contributed by atoms with Crippen LogP contribution in [0, 0.1) is 17.8 Å². The van der Waals surface area contributed by atoms with E-state index in [0.717, 1.165) is 19.6 Å². The van der Waals surface area contributed by atoms with Gasteiger partial charge in [0.05, 0.1) is 12.5 Å². The molecule has 1 fully saturated rings. The highest BCUT2D eigenvalue weighted by Crippen LogP contribution is 2.16. The molecule has 0 aliphatic carbocycles. The Balaban J connectivity index is 2.18. The summed E-state index contributed by atoms with van der Waals surface area (Å²) >= 11 is 0. The smallest absolute Gasteiger partial charge is 0.225 e. The molecule has 0 aromatic carbocycles. The molecular weight excluding hydrogens is 216 g/mol. The van der Waals surface area contributed by atoms with Crippen LogP contribution in [0.4, 0.5) is 0 Å². The first-order valence-electron chi connectivity index (χ1n) is 6.43. The van der Waals surface area contributed by atoms with E-state index in [1.165, 1.54) is 0 Å². The summed E-state index contributed by atoms with van der Waals surface area (Å²) in [5.74, 6) is 1.04. The predicted octanol–water partition coefficient (Wildman–Crippen LogP) is 0.915.